The molecule has 0 atom stereocenters. The summed E-state index contributed by atoms with van der Waals surface area (Å²) in [6.07, 6.45) is 0. The Labute approximate surface area is 503 Å². The van der Waals surface area contributed by atoms with Crippen molar-refractivity contribution in [2.24, 2.45) is 0 Å². The fraction of sp³-hybridized carbons (Fsp3) is 0. The van der Waals surface area contributed by atoms with E-state index in [2.05, 4.69) is 321 Å². The summed E-state index contributed by atoms with van der Waals surface area (Å²) >= 11 is 3.66. The third kappa shape index (κ3) is 7.67. The number of hydrogen-bond donors (Lipinski definition) is 0. The Kier molecular flexibility index (Phi) is 11.0. The van der Waals surface area contributed by atoms with Gasteiger partial charge in [-0.05, 0) is 205 Å². The number of benzene rings is 14. The molecule has 0 aliphatic carbocycles. The van der Waals surface area contributed by atoms with E-state index in [1.54, 1.807) is 0 Å². The molecule has 0 aliphatic rings. The summed E-state index contributed by atoms with van der Waals surface area (Å²) in [4.78, 5) is 4.98. The Hall–Kier alpha value is -10.8. The predicted octanol–water partition coefficient (Wildman–Crippen LogP) is 23.5. The molecule has 0 fully saturated rings. The van der Waals surface area contributed by atoms with Gasteiger partial charge >= 0.3 is 0 Å². The molecule has 0 radical (unpaired) electrons. The quantitative estimate of drug-likeness (QED) is 0.134. The van der Waals surface area contributed by atoms with Crippen LogP contribution in [0.2, 0.25) is 0 Å². The number of hydrogen-bond acceptors (Lipinski definition) is 4. The van der Waals surface area contributed by atoms with Crippen molar-refractivity contribution in [3.8, 4) is 22.5 Å². The maximum Gasteiger partial charge on any atom is 0.0727 e. The second-order valence-corrected chi connectivity index (χ2v) is 24.3. The zero-order valence-electron chi connectivity index (χ0n) is 46.5. The Morgan fingerprint density at radius 2 is 0.640 bits per heavy atom. The van der Waals surface area contributed by atoms with Crippen LogP contribution in [0.5, 0.6) is 0 Å². The highest BCUT2D eigenvalue weighted by molar-refractivity contribution is 7.20. The van der Waals surface area contributed by atoms with E-state index in [1.807, 2.05) is 22.7 Å². The van der Waals surface area contributed by atoms with Crippen LogP contribution in [-0.4, -0.2) is 9.13 Å². The Bertz CT molecular complexity index is 5680. The number of para-hydroxylation sites is 4. The fourth-order valence-electron chi connectivity index (χ4n) is 13.8. The number of fused-ring (bicyclic) bond motifs is 12. The first-order valence-electron chi connectivity index (χ1n) is 29.3. The van der Waals surface area contributed by atoms with E-state index in [4.69, 9.17) is 0 Å². The molecule has 4 nitrogen and oxygen atoms in total. The molecule has 0 saturated carbocycles. The van der Waals surface area contributed by atoms with Gasteiger partial charge in [0.25, 0.3) is 0 Å². The van der Waals surface area contributed by atoms with E-state index in [0.29, 0.717) is 0 Å². The van der Waals surface area contributed by atoms with Crippen molar-refractivity contribution in [1.82, 2.24) is 9.13 Å². The molecule has 0 saturated heterocycles. The average molecular weight is 1130 g/mol. The lowest BCUT2D eigenvalue weighted by Gasteiger charge is -2.28. The summed E-state index contributed by atoms with van der Waals surface area (Å²) in [5, 5.41) is 21.7. The average Bonchev–Trinajstić information content (AvgIpc) is 1.95. The third-order valence-corrected chi connectivity index (χ3v) is 19.5. The SMILES string of the molecule is c1ccc(-n2c3ccccc3c3cc(N(c4ccc(-c5c6ccsc6c(N(c6ccc7cc8ccccc8cc7c6)c6ccc7c(c6)c6ccccc6n7-c6ccccc6)c6ccsc56)cc4)c4ccc5cc6ccccc6cc5c4)ccc32)cc1. The number of anilines is 6. The molecular formula is C80H50N4S2. The molecule has 0 N–H and O–H groups in total. The minimum atomic E-state index is 1.08. The summed E-state index contributed by atoms with van der Waals surface area (Å²) in [6.45, 7) is 0. The van der Waals surface area contributed by atoms with Crippen LogP contribution in [0.4, 0.5) is 34.1 Å². The smallest absolute Gasteiger partial charge is 0.0727 e. The largest absolute Gasteiger partial charge is 0.310 e. The molecule has 18 aromatic rings. The van der Waals surface area contributed by atoms with E-state index in [0.717, 1.165) is 39.8 Å². The molecule has 4 heterocycles. The minimum Gasteiger partial charge on any atom is -0.310 e. The monoisotopic (exact) mass is 1130 g/mol. The molecule has 86 heavy (non-hydrogen) atoms. The molecule has 0 amide bonds. The van der Waals surface area contributed by atoms with Gasteiger partial charge in [-0.2, -0.15) is 0 Å². The zero-order valence-corrected chi connectivity index (χ0v) is 48.1. The maximum absolute atomic E-state index is 2.54. The Morgan fingerprint density at radius 3 is 1.19 bits per heavy atom. The normalized spacial score (nSPS) is 12.0. The number of thiophene rings is 2. The summed E-state index contributed by atoms with van der Waals surface area (Å²) in [5.41, 5.74) is 16.2. The number of nitrogens with zero attached hydrogens (tertiary/aromatic N) is 4. The fourth-order valence-corrected chi connectivity index (χ4v) is 15.7. The predicted molar refractivity (Wildman–Crippen MR) is 371 cm³/mol. The highest BCUT2D eigenvalue weighted by atomic mass is 32.1. The van der Waals surface area contributed by atoms with E-state index >= 15 is 0 Å². The highest BCUT2D eigenvalue weighted by Crippen LogP contribution is 2.53. The van der Waals surface area contributed by atoms with Crippen LogP contribution < -0.4 is 9.80 Å². The van der Waals surface area contributed by atoms with Gasteiger partial charge in [-0.25, -0.2) is 0 Å². The Balaban J connectivity index is 0.816. The van der Waals surface area contributed by atoms with E-state index in [-0.39, 0.29) is 0 Å². The van der Waals surface area contributed by atoms with Gasteiger partial charge in [-0.3, -0.25) is 0 Å². The molecule has 4 aromatic heterocycles. The van der Waals surface area contributed by atoms with E-state index < -0.39 is 0 Å². The van der Waals surface area contributed by atoms with Crippen LogP contribution in [0.3, 0.4) is 0 Å². The minimum absolute atomic E-state index is 1.08. The summed E-state index contributed by atoms with van der Waals surface area (Å²) in [5.74, 6) is 0. The van der Waals surface area contributed by atoms with Crippen LogP contribution >= 0.6 is 22.7 Å². The summed E-state index contributed by atoms with van der Waals surface area (Å²) in [7, 11) is 0. The van der Waals surface area contributed by atoms with Crippen molar-refractivity contribution in [2.45, 2.75) is 0 Å². The molecule has 14 aromatic carbocycles. The van der Waals surface area contributed by atoms with Crippen LogP contribution in [0, 0.1) is 0 Å². The second kappa shape index (κ2) is 19.4. The van der Waals surface area contributed by atoms with Gasteiger partial charge < -0.3 is 18.9 Å². The lowest BCUT2D eigenvalue weighted by Crippen LogP contribution is -2.11. The van der Waals surface area contributed by atoms with Crippen LogP contribution in [0.25, 0.3) is 129 Å². The standard InChI is InChI=1S/C80H50N4S2/c1-3-19-60(20-4-1)83-73-25-13-11-23-67(73)71-49-65(35-37-75(71)83)81(63-33-29-56-43-52-15-7-9-17-54(52)45-58(56)47-63)62-31-27-51(28-32-62)77-69-39-41-86-80(69)78(70-40-42-85-79(70)77)82(64-34-30-57-44-53-16-8-10-18-55(53)46-59(57)48-64)66-36-38-76-72(50-66)68-24-12-14-26-74(68)84(76)61-21-5-2-6-22-61/h1-50H. The number of aromatic nitrogens is 2. The first kappa shape index (κ1) is 48.7. The molecule has 0 aliphatic heterocycles. The lowest BCUT2D eigenvalue weighted by atomic mass is 9.97. The molecular weight excluding hydrogens is 1080 g/mol. The molecule has 18 rings (SSSR count). The molecule has 0 bridgehead atoms. The van der Waals surface area contributed by atoms with Gasteiger partial charge in [0.05, 0.1) is 32.5 Å². The van der Waals surface area contributed by atoms with Gasteiger partial charge in [0.1, 0.15) is 0 Å². The van der Waals surface area contributed by atoms with Crippen molar-refractivity contribution < 1.29 is 0 Å². The first-order valence-corrected chi connectivity index (χ1v) is 31.0. The topological polar surface area (TPSA) is 16.3 Å². The van der Waals surface area contributed by atoms with Crippen LogP contribution in [0.1, 0.15) is 0 Å². The first-order chi connectivity index (χ1) is 42.6. The summed E-state index contributed by atoms with van der Waals surface area (Å²) in [6, 6.07) is 108. The van der Waals surface area contributed by atoms with Gasteiger partial charge in [0.15, 0.2) is 0 Å². The second-order valence-electron chi connectivity index (χ2n) is 22.5. The van der Waals surface area contributed by atoms with Crippen LogP contribution in [-0.2, 0) is 0 Å². The molecule has 6 heteroatoms. The molecule has 0 unspecified atom stereocenters. The highest BCUT2D eigenvalue weighted by Gasteiger charge is 2.26. The van der Waals surface area contributed by atoms with Gasteiger partial charge in [0.2, 0.25) is 0 Å². The van der Waals surface area contributed by atoms with Crippen molar-refractivity contribution >= 4 is 164 Å². The van der Waals surface area contributed by atoms with E-state index in [1.165, 1.54) is 124 Å². The van der Waals surface area contributed by atoms with Gasteiger partial charge in [0, 0.05) is 82.4 Å². The van der Waals surface area contributed by atoms with E-state index in [9.17, 15) is 0 Å². The molecule has 402 valence electrons. The summed E-state index contributed by atoms with van der Waals surface area (Å²) < 4.78 is 7.30. The van der Waals surface area contributed by atoms with Crippen molar-refractivity contribution in [1.29, 1.82) is 0 Å². The van der Waals surface area contributed by atoms with Crippen molar-refractivity contribution in [2.75, 3.05) is 9.80 Å². The zero-order chi connectivity index (χ0) is 56.4. The lowest BCUT2D eigenvalue weighted by molar-refractivity contribution is 1.18. The maximum atomic E-state index is 2.54. The van der Waals surface area contributed by atoms with Crippen LogP contribution in [0.15, 0.2) is 302 Å². The van der Waals surface area contributed by atoms with Crippen molar-refractivity contribution in [3.63, 3.8) is 0 Å². The number of rotatable bonds is 9. The van der Waals surface area contributed by atoms with Crippen molar-refractivity contribution in [3.05, 3.63) is 302 Å². The van der Waals surface area contributed by atoms with Gasteiger partial charge in [-0.15, -0.1) is 22.7 Å². The van der Waals surface area contributed by atoms with Gasteiger partial charge in [-0.1, -0.05) is 146 Å². The Morgan fingerprint density at radius 1 is 0.244 bits per heavy atom. The molecule has 0 spiro atoms. The third-order valence-electron chi connectivity index (χ3n) is 17.7.